The van der Waals surface area contributed by atoms with Crippen LogP contribution in [0.3, 0.4) is 0 Å². The molecular formula is C20H34N6O5S. The number of amides is 3. The molecule has 0 saturated heterocycles. The third-order valence-corrected chi connectivity index (χ3v) is 5.79. The van der Waals surface area contributed by atoms with Crippen LogP contribution in [0.1, 0.15) is 39.3 Å². The van der Waals surface area contributed by atoms with E-state index in [1.807, 2.05) is 20.1 Å². The van der Waals surface area contributed by atoms with Gasteiger partial charge < -0.3 is 31.8 Å². The predicted molar refractivity (Wildman–Crippen MR) is 122 cm³/mol. The van der Waals surface area contributed by atoms with E-state index in [0.717, 1.165) is 6.42 Å². The second kappa shape index (κ2) is 13.7. The molecule has 3 amide bonds. The molecule has 0 bridgehead atoms. The van der Waals surface area contributed by atoms with Crippen LogP contribution < -0.4 is 21.7 Å². The zero-order valence-corrected chi connectivity index (χ0v) is 19.7. The maximum atomic E-state index is 12.8. The highest BCUT2D eigenvalue weighted by atomic mass is 32.2. The van der Waals surface area contributed by atoms with Gasteiger partial charge in [-0.15, -0.1) is 0 Å². The number of aromatic amines is 1. The molecular weight excluding hydrogens is 436 g/mol. The Kier molecular flexibility index (Phi) is 11.8. The smallest absolute Gasteiger partial charge is 0.326 e. The molecule has 12 heteroatoms. The van der Waals surface area contributed by atoms with Crippen LogP contribution in [0, 0.1) is 5.92 Å². The van der Waals surface area contributed by atoms with Gasteiger partial charge in [0.05, 0.1) is 12.4 Å². The number of hydrogen-bond donors (Lipinski definition) is 6. The van der Waals surface area contributed by atoms with Gasteiger partial charge in [-0.1, -0.05) is 20.3 Å². The molecule has 0 aromatic carbocycles. The van der Waals surface area contributed by atoms with Gasteiger partial charge in [0.25, 0.3) is 0 Å². The Labute approximate surface area is 192 Å². The lowest BCUT2D eigenvalue weighted by molar-refractivity contribution is -0.142. The minimum atomic E-state index is -1.21. The summed E-state index contributed by atoms with van der Waals surface area (Å²) in [4.78, 5) is 55.8. The molecule has 1 rings (SSSR count). The molecule has 5 atom stereocenters. The number of thioether (sulfide) groups is 1. The first kappa shape index (κ1) is 27.4. The summed E-state index contributed by atoms with van der Waals surface area (Å²) in [6, 6.07) is -3.81. The van der Waals surface area contributed by atoms with Crippen molar-refractivity contribution >= 4 is 35.5 Å². The predicted octanol–water partition coefficient (Wildman–Crippen LogP) is -0.362. The molecule has 11 nitrogen and oxygen atoms in total. The fraction of sp³-hybridized carbons (Fsp3) is 0.650. The van der Waals surface area contributed by atoms with Gasteiger partial charge in [-0.25, -0.2) is 9.78 Å². The van der Waals surface area contributed by atoms with Gasteiger partial charge in [0.2, 0.25) is 17.7 Å². The number of nitrogens with one attached hydrogen (secondary N) is 4. The van der Waals surface area contributed by atoms with E-state index in [2.05, 4.69) is 25.9 Å². The monoisotopic (exact) mass is 470 g/mol. The number of hydrogen-bond acceptors (Lipinski definition) is 7. The number of aromatic nitrogens is 2. The molecule has 0 saturated carbocycles. The quantitative estimate of drug-likeness (QED) is 0.213. The highest BCUT2D eigenvalue weighted by Crippen LogP contribution is 2.08. The number of H-pyrrole nitrogens is 1. The number of imidazole rings is 1. The van der Waals surface area contributed by atoms with Gasteiger partial charge in [-0.2, -0.15) is 11.8 Å². The zero-order valence-electron chi connectivity index (χ0n) is 18.9. The molecule has 0 aliphatic heterocycles. The van der Waals surface area contributed by atoms with Gasteiger partial charge in [0.1, 0.15) is 18.1 Å². The molecule has 0 aliphatic carbocycles. The van der Waals surface area contributed by atoms with E-state index in [4.69, 9.17) is 5.73 Å². The summed E-state index contributed by atoms with van der Waals surface area (Å²) >= 11 is 1.52. The van der Waals surface area contributed by atoms with E-state index >= 15 is 0 Å². The van der Waals surface area contributed by atoms with Crippen molar-refractivity contribution in [2.75, 3.05) is 12.0 Å². The van der Waals surface area contributed by atoms with Crippen LogP contribution in [0.25, 0.3) is 0 Å². The minimum absolute atomic E-state index is 0.0155. The van der Waals surface area contributed by atoms with E-state index in [1.54, 1.807) is 0 Å². The average molecular weight is 471 g/mol. The van der Waals surface area contributed by atoms with Crippen LogP contribution in [0.5, 0.6) is 0 Å². The Hall–Kier alpha value is -2.60. The normalized spacial score (nSPS) is 15.7. The summed E-state index contributed by atoms with van der Waals surface area (Å²) in [6.07, 6.45) is 5.85. The molecule has 7 N–H and O–H groups in total. The van der Waals surface area contributed by atoms with Crippen LogP contribution in [0.15, 0.2) is 12.5 Å². The molecule has 1 heterocycles. The Morgan fingerprint density at radius 3 is 2.31 bits per heavy atom. The van der Waals surface area contributed by atoms with Gasteiger partial charge >= 0.3 is 5.97 Å². The summed E-state index contributed by atoms with van der Waals surface area (Å²) in [5.74, 6) is -2.27. The number of carboxylic acids is 1. The molecule has 5 unspecified atom stereocenters. The highest BCUT2D eigenvalue weighted by molar-refractivity contribution is 7.98. The van der Waals surface area contributed by atoms with Crippen LogP contribution in [0.4, 0.5) is 0 Å². The highest BCUT2D eigenvalue weighted by Gasteiger charge is 2.29. The molecule has 32 heavy (non-hydrogen) atoms. The second-order valence-corrected chi connectivity index (χ2v) is 8.65. The lowest BCUT2D eigenvalue weighted by Gasteiger charge is -2.24. The Balaban J connectivity index is 2.74. The van der Waals surface area contributed by atoms with E-state index in [0.29, 0.717) is 17.9 Å². The Morgan fingerprint density at radius 2 is 1.78 bits per heavy atom. The van der Waals surface area contributed by atoms with Crippen LogP contribution >= 0.6 is 11.8 Å². The Morgan fingerprint density at radius 1 is 1.12 bits per heavy atom. The van der Waals surface area contributed by atoms with Gasteiger partial charge in [-0.3, -0.25) is 14.4 Å². The van der Waals surface area contributed by atoms with Crippen molar-refractivity contribution in [3.05, 3.63) is 18.2 Å². The third kappa shape index (κ3) is 8.87. The first-order valence-corrected chi connectivity index (χ1v) is 11.9. The molecule has 1 aromatic heterocycles. The fourth-order valence-electron chi connectivity index (χ4n) is 2.78. The largest absolute Gasteiger partial charge is 0.480 e. The van der Waals surface area contributed by atoms with E-state index < -0.39 is 47.9 Å². The minimum Gasteiger partial charge on any atom is -0.480 e. The summed E-state index contributed by atoms with van der Waals surface area (Å²) < 4.78 is 0. The summed E-state index contributed by atoms with van der Waals surface area (Å²) in [6.45, 7) is 5.23. The van der Waals surface area contributed by atoms with Crippen molar-refractivity contribution in [2.45, 2.75) is 64.2 Å². The standard InChI is InChI=1S/C20H34N6O5S/c1-5-11(2)16(21)19(29)25-14(6-7-32-4)18(28)24-12(3)17(27)26-15(20(30)31)8-13-9-22-10-23-13/h9-12,14-16H,5-8,21H2,1-4H3,(H,22,23)(H,24,28)(H,25,29)(H,26,27)(H,30,31). The van der Waals surface area contributed by atoms with Crippen molar-refractivity contribution in [1.82, 2.24) is 25.9 Å². The number of rotatable bonds is 14. The molecule has 1 aromatic rings. The first-order valence-electron chi connectivity index (χ1n) is 10.5. The lowest BCUT2D eigenvalue weighted by atomic mass is 9.99. The first-order chi connectivity index (χ1) is 15.1. The van der Waals surface area contributed by atoms with Gasteiger partial charge in [0.15, 0.2) is 0 Å². The van der Waals surface area contributed by atoms with E-state index in [1.165, 1.54) is 31.2 Å². The van der Waals surface area contributed by atoms with Crippen molar-refractivity contribution < 1.29 is 24.3 Å². The molecule has 0 radical (unpaired) electrons. The van der Waals surface area contributed by atoms with Crippen LogP contribution in [-0.4, -0.2) is 74.9 Å². The SMILES string of the molecule is CCC(C)C(N)C(=O)NC(CCSC)C(=O)NC(C)C(=O)NC(Cc1cnc[nH]1)C(=O)O. The molecule has 0 spiro atoms. The third-order valence-electron chi connectivity index (χ3n) is 5.15. The van der Waals surface area contributed by atoms with Crippen LogP contribution in [-0.2, 0) is 25.6 Å². The summed E-state index contributed by atoms with van der Waals surface area (Å²) in [5.41, 5.74) is 6.51. The lowest BCUT2D eigenvalue weighted by Crippen LogP contribution is -2.57. The van der Waals surface area contributed by atoms with Crippen LogP contribution in [0.2, 0.25) is 0 Å². The summed E-state index contributed by atoms with van der Waals surface area (Å²) in [5, 5.41) is 17.0. The summed E-state index contributed by atoms with van der Waals surface area (Å²) in [7, 11) is 0. The molecule has 0 fully saturated rings. The van der Waals surface area contributed by atoms with Gasteiger partial charge in [-0.05, 0) is 31.3 Å². The molecule has 0 aliphatic rings. The van der Waals surface area contributed by atoms with E-state index in [-0.39, 0.29) is 12.3 Å². The number of carbonyl (C=O) groups excluding carboxylic acids is 3. The van der Waals surface area contributed by atoms with Crippen molar-refractivity contribution in [1.29, 1.82) is 0 Å². The van der Waals surface area contributed by atoms with Crippen molar-refractivity contribution in [3.63, 3.8) is 0 Å². The van der Waals surface area contributed by atoms with Crippen molar-refractivity contribution in [3.8, 4) is 0 Å². The maximum Gasteiger partial charge on any atom is 0.326 e. The number of carboxylic acid groups (broad SMARTS) is 1. The number of nitrogens with zero attached hydrogens (tertiary/aromatic N) is 1. The number of aliphatic carboxylic acids is 1. The zero-order chi connectivity index (χ0) is 24.3. The van der Waals surface area contributed by atoms with Crippen molar-refractivity contribution in [2.24, 2.45) is 11.7 Å². The fourth-order valence-corrected chi connectivity index (χ4v) is 3.25. The number of carbonyl (C=O) groups is 4. The van der Waals surface area contributed by atoms with E-state index in [9.17, 15) is 24.3 Å². The maximum absolute atomic E-state index is 12.8. The molecule has 180 valence electrons. The second-order valence-electron chi connectivity index (χ2n) is 7.66. The van der Waals surface area contributed by atoms with Gasteiger partial charge in [0, 0.05) is 18.3 Å². The number of nitrogens with two attached hydrogens (primary N) is 1. The Bertz CT molecular complexity index is 760. The average Bonchev–Trinajstić information content (AvgIpc) is 3.27. The topological polar surface area (TPSA) is 179 Å².